The lowest BCUT2D eigenvalue weighted by Crippen LogP contribution is -2.19. The Bertz CT molecular complexity index is 1670. The average molecular weight is 581 g/mol. The number of nitrogens with one attached hydrogen (secondary N) is 1. The van der Waals surface area contributed by atoms with Gasteiger partial charge in [0.05, 0.1) is 11.4 Å². The van der Waals surface area contributed by atoms with E-state index in [9.17, 15) is 4.79 Å². The first-order valence-electron chi connectivity index (χ1n) is 14.5. The van der Waals surface area contributed by atoms with Crippen molar-refractivity contribution in [1.29, 1.82) is 0 Å². The molecule has 7 rings (SSSR count). The molecule has 5 aromatic rings. The monoisotopic (exact) mass is 580 g/mol. The molecule has 208 valence electrons. The molecule has 3 aromatic heterocycles. The van der Waals surface area contributed by atoms with Gasteiger partial charge in [-0.25, -0.2) is 9.97 Å². The molecule has 0 bridgehead atoms. The largest absolute Gasteiger partial charge is 0.301 e. The first-order chi connectivity index (χ1) is 20.2. The lowest BCUT2D eigenvalue weighted by molar-refractivity contribution is 0.235. The number of azo groups is 1. The Labute approximate surface area is 247 Å². The first kappa shape index (κ1) is 26.2. The van der Waals surface area contributed by atoms with Crippen molar-refractivity contribution < 1.29 is 0 Å². The number of aromatic amines is 1. The van der Waals surface area contributed by atoms with Gasteiger partial charge in [-0.05, 0) is 49.0 Å². The second-order valence-corrected chi connectivity index (χ2v) is 12.9. The molecule has 2 aliphatic rings. The summed E-state index contributed by atoms with van der Waals surface area (Å²) in [5.41, 5.74) is 4.74. The van der Waals surface area contributed by atoms with Crippen molar-refractivity contribution in [3.05, 3.63) is 87.5 Å². The molecule has 2 aromatic carbocycles. The van der Waals surface area contributed by atoms with E-state index in [1.54, 1.807) is 6.20 Å². The van der Waals surface area contributed by atoms with E-state index in [2.05, 4.69) is 44.6 Å². The van der Waals surface area contributed by atoms with Crippen molar-refractivity contribution in [2.24, 2.45) is 22.1 Å². The molecule has 0 saturated heterocycles. The van der Waals surface area contributed by atoms with Gasteiger partial charge >= 0.3 is 5.56 Å². The van der Waals surface area contributed by atoms with Gasteiger partial charge < -0.3 is 0 Å². The summed E-state index contributed by atoms with van der Waals surface area (Å²) in [6.45, 7) is 0. The van der Waals surface area contributed by atoms with E-state index >= 15 is 0 Å². The van der Waals surface area contributed by atoms with Gasteiger partial charge in [-0.1, -0.05) is 80.3 Å². The Morgan fingerprint density at radius 3 is 2.32 bits per heavy atom. The van der Waals surface area contributed by atoms with Crippen LogP contribution in [0.15, 0.2) is 86.6 Å². The molecule has 0 amide bonds. The molecular weight excluding hydrogens is 549 g/mol. The van der Waals surface area contributed by atoms with Gasteiger partial charge in [-0.2, -0.15) is 4.68 Å². The van der Waals surface area contributed by atoms with Crippen LogP contribution in [0.4, 0.5) is 10.8 Å². The van der Waals surface area contributed by atoms with Crippen LogP contribution < -0.4 is 5.56 Å². The minimum Gasteiger partial charge on any atom is -0.286 e. The number of nitrogens with zero attached hydrogens (tertiary/aromatic N) is 5. The number of benzene rings is 2. The predicted molar refractivity (Wildman–Crippen MR) is 166 cm³/mol. The minimum absolute atomic E-state index is 0.232. The topological polar surface area (TPSA) is 88.3 Å². The molecule has 2 saturated carbocycles. The fourth-order valence-electron chi connectivity index (χ4n) is 6.60. The summed E-state index contributed by atoms with van der Waals surface area (Å²) in [7, 11) is 0. The maximum atomic E-state index is 13.5. The van der Waals surface area contributed by atoms with Gasteiger partial charge in [0.15, 0.2) is 5.69 Å². The molecular formula is C32H32N6OS2. The van der Waals surface area contributed by atoms with Crippen molar-refractivity contribution in [3.63, 3.8) is 0 Å². The molecule has 1 N–H and O–H groups in total. The Morgan fingerprint density at radius 2 is 1.59 bits per heavy atom. The zero-order chi connectivity index (χ0) is 27.6. The van der Waals surface area contributed by atoms with E-state index in [1.807, 2.05) is 41.1 Å². The van der Waals surface area contributed by atoms with Crippen molar-refractivity contribution in [2.45, 2.75) is 57.3 Å². The molecule has 0 radical (unpaired) electrons. The van der Waals surface area contributed by atoms with Gasteiger partial charge in [0, 0.05) is 28.1 Å². The summed E-state index contributed by atoms with van der Waals surface area (Å²) in [5.74, 6) is 2.61. The Hall–Kier alpha value is -3.69. The van der Waals surface area contributed by atoms with Gasteiger partial charge in [0.1, 0.15) is 0 Å². The van der Waals surface area contributed by atoms with Crippen molar-refractivity contribution in [1.82, 2.24) is 19.7 Å². The van der Waals surface area contributed by atoms with Crippen LogP contribution in [0.2, 0.25) is 0 Å². The molecule has 3 heterocycles. The molecule has 0 atom stereocenters. The highest BCUT2D eigenvalue weighted by atomic mass is 32.1. The Morgan fingerprint density at radius 1 is 0.829 bits per heavy atom. The highest BCUT2D eigenvalue weighted by Crippen LogP contribution is 2.44. The third kappa shape index (κ3) is 5.48. The van der Waals surface area contributed by atoms with Crippen LogP contribution in [0.3, 0.4) is 0 Å². The summed E-state index contributed by atoms with van der Waals surface area (Å²) in [6.07, 6.45) is 12.8. The van der Waals surface area contributed by atoms with Crippen LogP contribution in [0, 0.1) is 11.8 Å². The van der Waals surface area contributed by atoms with Gasteiger partial charge in [-0.15, -0.1) is 32.9 Å². The highest BCUT2D eigenvalue weighted by molar-refractivity contribution is 7.13. The van der Waals surface area contributed by atoms with Gasteiger partial charge in [0.25, 0.3) is 0 Å². The molecule has 0 spiro atoms. The van der Waals surface area contributed by atoms with Crippen LogP contribution in [0.1, 0.15) is 62.8 Å². The zero-order valence-electron chi connectivity index (χ0n) is 22.8. The Balaban J connectivity index is 1.11. The number of thiazole rings is 2. The molecule has 7 nitrogen and oxygen atoms in total. The summed E-state index contributed by atoms with van der Waals surface area (Å²) in [4.78, 5) is 22.5. The molecule has 2 aliphatic carbocycles. The van der Waals surface area contributed by atoms with Crippen LogP contribution in [-0.2, 0) is 0 Å². The fourth-order valence-corrected chi connectivity index (χ4v) is 7.84. The van der Waals surface area contributed by atoms with E-state index in [4.69, 9.17) is 4.98 Å². The molecule has 41 heavy (non-hydrogen) atoms. The Kier molecular flexibility index (Phi) is 7.46. The quantitative estimate of drug-likeness (QED) is 0.195. The lowest BCUT2D eigenvalue weighted by Gasteiger charge is -2.32. The van der Waals surface area contributed by atoms with Gasteiger partial charge in [-0.3, -0.25) is 9.89 Å². The lowest BCUT2D eigenvalue weighted by atomic mass is 9.73. The number of aromatic nitrogens is 4. The van der Waals surface area contributed by atoms with Crippen LogP contribution in [-0.4, -0.2) is 19.7 Å². The van der Waals surface area contributed by atoms with E-state index in [0.29, 0.717) is 21.9 Å². The maximum Gasteiger partial charge on any atom is 0.301 e. The minimum atomic E-state index is -0.298. The number of H-pyrrole nitrogens is 1. The van der Waals surface area contributed by atoms with Crippen molar-refractivity contribution in [2.75, 3.05) is 0 Å². The van der Waals surface area contributed by atoms with Crippen LogP contribution in [0.25, 0.3) is 27.6 Å². The van der Waals surface area contributed by atoms with Crippen LogP contribution in [0.5, 0.6) is 0 Å². The summed E-state index contributed by atoms with van der Waals surface area (Å²) in [5, 5.41) is 16.6. The second-order valence-electron chi connectivity index (χ2n) is 11.2. The SMILES string of the molecule is O=c1c(N=Nc2nccs2)c(-c2ccccc2)[nH]n1-c1nc(-c2ccc(C3CCC(C4CCCC4)CC3)cc2)cs1. The van der Waals surface area contributed by atoms with Gasteiger partial charge in [0.2, 0.25) is 10.3 Å². The third-order valence-electron chi connectivity index (χ3n) is 8.78. The summed E-state index contributed by atoms with van der Waals surface area (Å²) < 4.78 is 1.46. The molecule has 9 heteroatoms. The summed E-state index contributed by atoms with van der Waals surface area (Å²) >= 11 is 2.80. The van der Waals surface area contributed by atoms with E-state index < -0.39 is 0 Å². The summed E-state index contributed by atoms with van der Waals surface area (Å²) in [6, 6.07) is 18.6. The van der Waals surface area contributed by atoms with E-state index in [0.717, 1.165) is 28.7 Å². The van der Waals surface area contributed by atoms with E-state index in [1.165, 1.54) is 84.3 Å². The second kappa shape index (κ2) is 11.7. The zero-order valence-corrected chi connectivity index (χ0v) is 24.4. The van der Waals surface area contributed by atoms with Crippen molar-refractivity contribution in [3.8, 4) is 27.6 Å². The standard InChI is InChI=1S/C32H32N6OS2/c39-30-29(35-36-31-33-18-19-40-31)28(26-8-2-1-3-9-26)37-38(30)32-34-27(20-41-32)25-16-14-24(15-17-25)23-12-10-22(11-13-23)21-6-4-5-7-21/h1-3,8-9,14-23,37H,4-7,10-13H2. The highest BCUT2D eigenvalue weighted by Gasteiger charge is 2.30. The van der Waals surface area contributed by atoms with Crippen LogP contribution >= 0.6 is 22.7 Å². The smallest absolute Gasteiger partial charge is 0.286 e. The number of hydrogen-bond acceptors (Lipinski definition) is 7. The van der Waals surface area contributed by atoms with Crippen molar-refractivity contribution >= 4 is 33.5 Å². The maximum absolute atomic E-state index is 13.5. The first-order valence-corrected chi connectivity index (χ1v) is 16.3. The third-order valence-corrected chi connectivity index (χ3v) is 10.3. The fraction of sp³-hybridized carbons (Fsp3) is 0.344. The molecule has 2 fully saturated rings. The number of rotatable bonds is 7. The van der Waals surface area contributed by atoms with E-state index in [-0.39, 0.29) is 11.2 Å². The average Bonchev–Trinajstić information content (AvgIpc) is 3.85. The normalized spacial score (nSPS) is 19.8. The predicted octanol–water partition coefficient (Wildman–Crippen LogP) is 9.29. The number of hydrogen-bond donors (Lipinski definition) is 1. The molecule has 0 unspecified atom stereocenters. The molecule has 0 aliphatic heterocycles.